The zero-order chi connectivity index (χ0) is 45.8. The molecule has 0 spiro atoms. The molecule has 0 atom stereocenters. The van der Waals surface area contributed by atoms with E-state index >= 15 is 0 Å². The summed E-state index contributed by atoms with van der Waals surface area (Å²) < 4.78 is 53.9. The van der Waals surface area contributed by atoms with Gasteiger partial charge in [0.05, 0.1) is 34.5 Å². The van der Waals surface area contributed by atoms with Crippen LogP contribution in [0.25, 0.3) is 122 Å². The molecule has 0 amide bonds. The lowest BCUT2D eigenvalue weighted by molar-refractivity contribution is 0.669. The number of benzene rings is 9. The van der Waals surface area contributed by atoms with Gasteiger partial charge in [0, 0.05) is 54.8 Å². The monoisotopic (exact) mass is 810 g/mol. The van der Waals surface area contributed by atoms with Crippen LogP contribution in [0, 0.1) is 0 Å². The fourth-order valence-corrected chi connectivity index (χ4v) is 9.24. The third-order valence-corrected chi connectivity index (χ3v) is 12.0. The number of fused-ring (bicyclic) bond motifs is 9. The molecule has 0 bridgehead atoms. The molecule has 4 heterocycles. The zero-order valence-corrected chi connectivity index (χ0v) is 33.5. The van der Waals surface area contributed by atoms with Crippen molar-refractivity contribution < 1.29 is 11.3 Å². The lowest BCUT2D eigenvalue weighted by atomic mass is 10.0. The highest BCUT2D eigenvalue weighted by Crippen LogP contribution is 2.42. The molecule has 9 aromatic carbocycles. The molecule has 13 rings (SSSR count). The quantitative estimate of drug-likeness (QED) is 0.168. The number of para-hydroxylation sites is 4. The van der Waals surface area contributed by atoms with Crippen LogP contribution in [0.1, 0.15) is 6.85 Å². The van der Waals surface area contributed by atoms with E-state index in [1.807, 2.05) is 60.7 Å². The summed E-state index contributed by atoms with van der Waals surface area (Å²) in [7, 11) is 0. The third kappa shape index (κ3) is 5.62. The molecule has 0 fully saturated rings. The predicted molar refractivity (Wildman–Crippen MR) is 258 cm³/mol. The van der Waals surface area contributed by atoms with Gasteiger partial charge in [-0.2, -0.15) is 0 Å². The van der Waals surface area contributed by atoms with Crippen LogP contribution in [0.3, 0.4) is 0 Å². The minimum absolute atomic E-state index is 0.0994. The Kier molecular flexibility index (Phi) is 6.75. The molecular weight excluding hydrogens is 771 g/mol. The number of rotatable bonds is 6. The normalized spacial score (nSPS) is 12.9. The highest BCUT2D eigenvalue weighted by atomic mass is 16.3. The van der Waals surface area contributed by atoms with Crippen LogP contribution in [0.4, 0.5) is 0 Å². The highest BCUT2D eigenvalue weighted by Gasteiger charge is 2.22. The van der Waals surface area contributed by atoms with Crippen molar-refractivity contribution in [3.63, 3.8) is 0 Å². The maximum Gasteiger partial charge on any atom is 0.167 e. The Balaban J connectivity index is 1.08. The smallest absolute Gasteiger partial charge is 0.167 e. The molecule has 0 N–H and O–H groups in total. The SMILES string of the molecule is [2H]c1c([2H])c([2H])c(-c2ccc3c(c2)oc2c(-c4nc(-c5ccccc5)nc(-c5cccc(-n6c7ccccc7c7ccccc76)c5)n4)cc(-n4c5ccccc5c5ccccc54)cc23)c([2H])c1[2H]. The van der Waals surface area contributed by atoms with Crippen molar-refractivity contribution in [3.8, 4) is 56.7 Å². The molecule has 13 aromatic rings. The first kappa shape index (κ1) is 30.4. The van der Waals surface area contributed by atoms with Gasteiger partial charge in [-0.05, 0) is 71.8 Å². The Morgan fingerprint density at radius 3 is 1.54 bits per heavy atom. The Labute approximate surface area is 368 Å². The molecule has 0 radical (unpaired) electrons. The van der Waals surface area contributed by atoms with E-state index < -0.39 is 18.1 Å². The van der Waals surface area contributed by atoms with Gasteiger partial charge < -0.3 is 13.6 Å². The van der Waals surface area contributed by atoms with E-state index in [2.05, 4.69) is 118 Å². The minimum atomic E-state index is -0.444. The van der Waals surface area contributed by atoms with Crippen LogP contribution in [-0.2, 0) is 0 Å². The summed E-state index contributed by atoms with van der Waals surface area (Å²) >= 11 is 0. The first-order valence-corrected chi connectivity index (χ1v) is 20.8. The lowest BCUT2D eigenvalue weighted by Crippen LogP contribution is -2.02. The fourth-order valence-electron chi connectivity index (χ4n) is 9.24. The van der Waals surface area contributed by atoms with Crippen LogP contribution in [-0.4, -0.2) is 24.1 Å². The molecule has 0 saturated heterocycles. The van der Waals surface area contributed by atoms with Crippen LogP contribution < -0.4 is 0 Å². The minimum Gasteiger partial charge on any atom is -0.455 e. The molecule has 6 heteroatoms. The highest BCUT2D eigenvalue weighted by molar-refractivity contribution is 6.13. The maximum absolute atomic E-state index is 8.75. The number of nitrogens with zero attached hydrogens (tertiary/aromatic N) is 5. The van der Waals surface area contributed by atoms with Gasteiger partial charge >= 0.3 is 0 Å². The summed E-state index contributed by atoms with van der Waals surface area (Å²) in [4.78, 5) is 15.7. The van der Waals surface area contributed by atoms with E-state index in [0.717, 1.165) is 66.1 Å². The first-order chi connectivity index (χ1) is 33.3. The van der Waals surface area contributed by atoms with Crippen molar-refractivity contribution >= 4 is 65.6 Å². The molecule has 0 aliphatic carbocycles. The van der Waals surface area contributed by atoms with Crippen LogP contribution in [0.2, 0.25) is 0 Å². The lowest BCUT2D eigenvalue weighted by Gasteiger charge is -2.13. The molecule has 0 aliphatic rings. The maximum atomic E-state index is 8.75. The second-order valence-electron chi connectivity index (χ2n) is 15.6. The molecule has 63 heavy (non-hydrogen) atoms. The summed E-state index contributed by atoms with van der Waals surface area (Å²) in [6, 6.07) is 59.6. The Morgan fingerprint density at radius 2 is 0.905 bits per heavy atom. The average molecular weight is 811 g/mol. The van der Waals surface area contributed by atoms with Crippen LogP contribution in [0.5, 0.6) is 0 Å². The third-order valence-electron chi connectivity index (χ3n) is 12.0. The Bertz CT molecular complexity index is 4100. The van der Waals surface area contributed by atoms with Crippen LogP contribution in [0.15, 0.2) is 217 Å². The first-order valence-electron chi connectivity index (χ1n) is 23.3. The van der Waals surface area contributed by atoms with Crippen molar-refractivity contribution in [2.75, 3.05) is 0 Å². The second kappa shape index (κ2) is 14.0. The zero-order valence-electron chi connectivity index (χ0n) is 38.5. The number of hydrogen-bond donors (Lipinski definition) is 0. The van der Waals surface area contributed by atoms with E-state index in [1.54, 1.807) is 12.1 Å². The van der Waals surface area contributed by atoms with Gasteiger partial charge in [0.2, 0.25) is 0 Å². The number of furan rings is 1. The topological polar surface area (TPSA) is 61.7 Å². The summed E-state index contributed by atoms with van der Waals surface area (Å²) in [6.07, 6.45) is 0. The summed E-state index contributed by atoms with van der Waals surface area (Å²) in [5, 5.41) is 6.13. The van der Waals surface area contributed by atoms with E-state index in [4.69, 9.17) is 26.2 Å². The van der Waals surface area contributed by atoms with Gasteiger partial charge in [0.25, 0.3) is 0 Å². The second-order valence-corrected chi connectivity index (χ2v) is 15.6. The fraction of sp³-hybridized carbons (Fsp3) is 0. The van der Waals surface area contributed by atoms with Gasteiger partial charge in [-0.3, -0.25) is 0 Å². The molecule has 0 unspecified atom stereocenters. The molecule has 0 aliphatic heterocycles. The van der Waals surface area contributed by atoms with Crippen molar-refractivity contribution in [2.24, 2.45) is 0 Å². The van der Waals surface area contributed by atoms with Gasteiger partial charge in [0.1, 0.15) is 11.2 Å². The standard InChI is InChI=1S/C57H35N5O/c1-3-16-36(17-4-1)38-30-31-46-47-34-41(62-51-28-13-9-24-44(51)45-25-10-14-29-52(45)62)35-48(54(47)63-53(46)33-38)57-59-55(37-18-5-2-6-19-37)58-56(60-57)39-20-15-21-40(32-39)61-49-26-11-7-22-42(49)43-23-8-12-27-50(43)61/h1-35H/i1D,3D,4D,16D,17D. The van der Waals surface area contributed by atoms with Crippen LogP contribution >= 0.6 is 0 Å². The van der Waals surface area contributed by atoms with E-state index in [1.165, 1.54) is 10.8 Å². The molecule has 0 saturated carbocycles. The predicted octanol–water partition coefficient (Wildman–Crippen LogP) is 14.6. The molecule has 6 nitrogen and oxygen atoms in total. The molecule has 4 aromatic heterocycles. The number of hydrogen-bond acceptors (Lipinski definition) is 4. The summed E-state index contributed by atoms with van der Waals surface area (Å²) in [5.41, 5.74) is 9.84. The average Bonchev–Trinajstić information content (AvgIpc) is 4.05. The Hall–Kier alpha value is -8.61. The summed E-state index contributed by atoms with van der Waals surface area (Å²) in [6.45, 7) is 0. The van der Waals surface area contributed by atoms with E-state index in [-0.39, 0.29) is 17.6 Å². The summed E-state index contributed by atoms with van der Waals surface area (Å²) in [5.74, 6) is 1.36. The molecule has 294 valence electrons. The largest absolute Gasteiger partial charge is 0.455 e. The van der Waals surface area contributed by atoms with Gasteiger partial charge in [-0.25, -0.2) is 15.0 Å². The molecular formula is C57H35N5O. The van der Waals surface area contributed by atoms with Crippen molar-refractivity contribution in [3.05, 3.63) is 212 Å². The Morgan fingerprint density at radius 1 is 0.365 bits per heavy atom. The number of aromatic nitrogens is 5. The van der Waals surface area contributed by atoms with E-state index in [9.17, 15) is 0 Å². The van der Waals surface area contributed by atoms with E-state index in [0.29, 0.717) is 39.8 Å². The van der Waals surface area contributed by atoms with Gasteiger partial charge in [-0.1, -0.05) is 152 Å². The van der Waals surface area contributed by atoms with Gasteiger partial charge in [0.15, 0.2) is 17.5 Å². The van der Waals surface area contributed by atoms with Gasteiger partial charge in [-0.15, -0.1) is 0 Å². The van der Waals surface area contributed by atoms with Crippen molar-refractivity contribution in [1.82, 2.24) is 24.1 Å². The van der Waals surface area contributed by atoms with Crippen molar-refractivity contribution in [1.29, 1.82) is 0 Å². The van der Waals surface area contributed by atoms with Crippen molar-refractivity contribution in [2.45, 2.75) is 0 Å².